The molecule has 1 N–H and O–H groups in total. The topological polar surface area (TPSA) is 46.5 Å². The van der Waals surface area contributed by atoms with Crippen molar-refractivity contribution >= 4 is 28.5 Å². The van der Waals surface area contributed by atoms with Gasteiger partial charge >= 0.3 is 5.97 Å². The molecule has 3 nitrogen and oxygen atoms in total. The van der Waals surface area contributed by atoms with Gasteiger partial charge in [0.1, 0.15) is 5.75 Å². The fraction of sp³-hybridized carbons (Fsp3) is 0.150. The molecule has 0 fully saturated rings. The molecule has 0 aromatic heterocycles. The molecule has 0 aliphatic rings. The van der Waals surface area contributed by atoms with Gasteiger partial charge in [0.25, 0.3) is 0 Å². The third kappa shape index (κ3) is 4.09. The van der Waals surface area contributed by atoms with Crippen LogP contribution >= 0.6 is 11.8 Å². The van der Waals surface area contributed by atoms with Crippen molar-refractivity contribution in [3.63, 3.8) is 0 Å². The third-order valence-corrected chi connectivity index (χ3v) is 4.78. The largest absolute Gasteiger partial charge is 0.482 e. The summed E-state index contributed by atoms with van der Waals surface area (Å²) in [7, 11) is 0. The lowest BCUT2D eigenvalue weighted by Crippen LogP contribution is -2.09. The number of hydrogen-bond donors (Lipinski definition) is 1. The standard InChI is InChI=1S/C20H18O3S/c1-14-10-18(8-9-19(14)23-12-20(21)22)24-13-15-6-7-16-4-2-3-5-17(16)11-15/h2-11H,12-13H2,1H3,(H,21,22). The number of carbonyl (C=O) groups is 1. The van der Waals surface area contributed by atoms with Gasteiger partial charge in [0.05, 0.1) is 0 Å². The lowest BCUT2D eigenvalue weighted by Gasteiger charge is -2.09. The van der Waals surface area contributed by atoms with Gasteiger partial charge in [-0.25, -0.2) is 4.79 Å². The number of carboxylic acid groups (broad SMARTS) is 1. The van der Waals surface area contributed by atoms with E-state index in [4.69, 9.17) is 9.84 Å². The molecule has 0 saturated carbocycles. The molecule has 0 aliphatic carbocycles. The van der Waals surface area contributed by atoms with Gasteiger partial charge in [-0.15, -0.1) is 11.8 Å². The van der Waals surface area contributed by atoms with Crippen molar-refractivity contribution in [3.8, 4) is 5.75 Å². The molecule has 0 spiro atoms. The summed E-state index contributed by atoms with van der Waals surface area (Å²) in [6.45, 7) is 1.61. The minimum atomic E-state index is -0.968. The molecule has 0 amide bonds. The molecule has 3 aromatic rings. The van der Waals surface area contributed by atoms with Crippen molar-refractivity contribution in [1.82, 2.24) is 0 Å². The number of aryl methyl sites for hydroxylation is 1. The number of thioether (sulfide) groups is 1. The molecule has 4 heteroatoms. The van der Waals surface area contributed by atoms with Gasteiger partial charge in [-0.1, -0.05) is 42.5 Å². The Labute approximate surface area is 145 Å². The maximum Gasteiger partial charge on any atom is 0.341 e. The molecular weight excluding hydrogens is 320 g/mol. The van der Waals surface area contributed by atoms with Crippen LogP contribution in [0.3, 0.4) is 0 Å². The maximum atomic E-state index is 10.6. The zero-order valence-electron chi connectivity index (χ0n) is 13.4. The minimum absolute atomic E-state index is 0.315. The highest BCUT2D eigenvalue weighted by Crippen LogP contribution is 2.29. The number of aliphatic carboxylic acids is 1. The highest BCUT2D eigenvalue weighted by atomic mass is 32.2. The van der Waals surface area contributed by atoms with Gasteiger partial charge in [0, 0.05) is 10.6 Å². The van der Waals surface area contributed by atoms with E-state index in [-0.39, 0.29) is 6.61 Å². The van der Waals surface area contributed by atoms with Crippen LogP contribution in [0.4, 0.5) is 0 Å². The first-order chi connectivity index (χ1) is 11.6. The van der Waals surface area contributed by atoms with Crippen molar-refractivity contribution in [2.24, 2.45) is 0 Å². The number of carboxylic acids is 1. The minimum Gasteiger partial charge on any atom is -0.482 e. The number of hydrogen-bond acceptors (Lipinski definition) is 3. The maximum absolute atomic E-state index is 10.6. The molecule has 0 saturated heterocycles. The average molecular weight is 338 g/mol. The Hall–Kier alpha value is -2.46. The van der Waals surface area contributed by atoms with Gasteiger partial charge < -0.3 is 9.84 Å². The van der Waals surface area contributed by atoms with Gasteiger partial charge in [-0.2, -0.15) is 0 Å². The third-order valence-electron chi connectivity index (χ3n) is 3.72. The Morgan fingerprint density at radius 1 is 1.04 bits per heavy atom. The van der Waals surface area contributed by atoms with E-state index in [0.29, 0.717) is 5.75 Å². The van der Waals surface area contributed by atoms with Gasteiger partial charge in [-0.05, 0) is 47.0 Å². The van der Waals surface area contributed by atoms with Crippen LogP contribution in [0.1, 0.15) is 11.1 Å². The predicted octanol–water partition coefficient (Wildman–Crippen LogP) is 4.90. The van der Waals surface area contributed by atoms with Crippen LogP contribution < -0.4 is 4.74 Å². The van der Waals surface area contributed by atoms with E-state index < -0.39 is 5.97 Å². The Balaban J connectivity index is 1.67. The van der Waals surface area contributed by atoms with Crippen LogP contribution in [0.25, 0.3) is 10.8 Å². The fourth-order valence-corrected chi connectivity index (χ4v) is 3.45. The first kappa shape index (κ1) is 16.4. The second kappa shape index (κ2) is 7.41. The first-order valence-corrected chi connectivity index (χ1v) is 8.66. The number of rotatable bonds is 6. The predicted molar refractivity (Wildman–Crippen MR) is 97.8 cm³/mol. The van der Waals surface area contributed by atoms with E-state index >= 15 is 0 Å². The molecule has 0 aliphatic heterocycles. The molecular formula is C20H18O3S. The molecule has 0 radical (unpaired) electrons. The second-order valence-corrected chi connectivity index (χ2v) is 6.63. The molecule has 0 bridgehead atoms. The molecule has 24 heavy (non-hydrogen) atoms. The van der Waals surface area contributed by atoms with Gasteiger partial charge in [-0.3, -0.25) is 0 Å². The molecule has 122 valence electrons. The summed E-state index contributed by atoms with van der Waals surface area (Å²) in [5, 5.41) is 11.2. The van der Waals surface area contributed by atoms with Gasteiger partial charge in [0.15, 0.2) is 6.61 Å². The second-order valence-electron chi connectivity index (χ2n) is 5.58. The summed E-state index contributed by atoms with van der Waals surface area (Å²) in [4.78, 5) is 11.7. The van der Waals surface area contributed by atoms with Gasteiger partial charge in [0.2, 0.25) is 0 Å². The quantitative estimate of drug-likeness (QED) is 0.649. The van der Waals surface area contributed by atoms with Crippen molar-refractivity contribution < 1.29 is 14.6 Å². The SMILES string of the molecule is Cc1cc(SCc2ccc3ccccc3c2)ccc1OCC(=O)O. The van der Waals surface area contributed by atoms with E-state index in [2.05, 4.69) is 36.4 Å². The highest BCUT2D eigenvalue weighted by molar-refractivity contribution is 7.98. The fourth-order valence-electron chi connectivity index (χ4n) is 2.51. The Bertz CT molecular complexity index is 874. The Morgan fingerprint density at radius 2 is 1.83 bits per heavy atom. The zero-order valence-corrected chi connectivity index (χ0v) is 14.2. The first-order valence-electron chi connectivity index (χ1n) is 7.67. The van der Waals surface area contributed by atoms with E-state index in [0.717, 1.165) is 16.2 Å². The summed E-state index contributed by atoms with van der Waals surface area (Å²) in [5.74, 6) is 0.538. The summed E-state index contributed by atoms with van der Waals surface area (Å²) < 4.78 is 5.26. The molecule has 3 rings (SSSR count). The number of ether oxygens (including phenoxy) is 1. The van der Waals surface area contributed by atoms with Crippen molar-refractivity contribution in [2.45, 2.75) is 17.6 Å². The van der Waals surface area contributed by atoms with E-state index in [1.165, 1.54) is 16.3 Å². The molecule has 0 unspecified atom stereocenters. The highest BCUT2D eigenvalue weighted by Gasteiger charge is 2.05. The molecule has 3 aromatic carbocycles. The smallest absolute Gasteiger partial charge is 0.341 e. The summed E-state index contributed by atoms with van der Waals surface area (Å²) in [6.07, 6.45) is 0. The van der Waals surface area contributed by atoms with E-state index in [9.17, 15) is 4.79 Å². The summed E-state index contributed by atoms with van der Waals surface area (Å²) in [5.41, 5.74) is 2.22. The van der Waals surface area contributed by atoms with Crippen LogP contribution in [-0.4, -0.2) is 17.7 Å². The lowest BCUT2D eigenvalue weighted by molar-refractivity contribution is -0.139. The molecule has 0 atom stereocenters. The van der Waals surface area contributed by atoms with Crippen molar-refractivity contribution in [1.29, 1.82) is 0 Å². The van der Waals surface area contributed by atoms with E-state index in [1.807, 2.05) is 31.2 Å². The lowest BCUT2D eigenvalue weighted by atomic mass is 10.1. The van der Waals surface area contributed by atoms with Crippen LogP contribution in [-0.2, 0) is 10.5 Å². The number of fused-ring (bicyclic) bond motifs is 1. The number of benzene rings is 3. The Kier molecular flexibility index (Phi) is 5.06. The van der Waals surface area contributed by atoms with Crippen LogP contribution in [0, 0.1) is 6.92 Å². The van der Waals surface area contributed by atoms with Crippen LogP contribution in [0.2, 0.25) is 0 Å². The van der Waals surface area contributed by atoms with Crippen LogP contribution in [0.5, 0.6) is 5.75 Å². The molecule has 0 heterocycles. The average Bonchev–Trinajstić information content (AvgIpc) is 2.59. The normalized spacial score (nSPS) is 10.7. The summed E-state index contributed by atoms with van der Waals surface area (Å²) >= 11 is 1.76. The Morgan fingerprint density at radius 3 is 2.58 bits per heavy atom. The zero-order chi connectivity index (χ0) is 16.9. The van der Waals surface area contributed by atoms with Crippen molar-refractivity contribution in [3.05, 3.63) is 71.8 Å². The monoisotopic (exact) mass is 338 g/mol. The summed E-state index contributed by atoms with van der Waals surface area (Å²) in [6, 6.07) is 20.7. The van der Waals surface area contributed by atoms with Crippen molar-refractivity contribution in [2.75, 3.05) is 6.61 Å². The van der Waals surface area contributed by atoms with Crippen LogP contribution in [0.15, 0.2) is 65.6 Å². The van der Waals surface area contributed by atoms with E-state index in [1.54, 1.807) is 11.8 Å².